The SMILES string of the molecule is CCCCCCCC(=O)N1CCC[C@H](C(=O)N(C)[C@@H](Cc2ccccc2)C(=O)NCC(=O)N[C@@H](CC(C)C)C(=O)N2CCC[C@H]2C(=O)N(C)[C@@H](CC(C)C)C(=O)N[C@@H](CC(=O)O)C(=O)N[C@@H](CCCN=C(N)N)C(=O)N[C@H](C(N)=O)[C@@H](C)CC)C1. The van der Waals surface area contributed by atoms with Crippen LogP contribution in [0.15, 0.2) is 35.3 Å². The Morgan fingerprint density at radius 2 is 1.32 bits per heavy atom. The molecule has 2 fully saturated rings. The van der Waals surface area contributed by atoms with Crippen LogP contribution in [-0.4, -0.2) is 185 Å². The number of guanidine groups is 1. The molecule has 1 aromatic carbocycles. The monoisotopic (exact) mass is 1190 g/mol. The summed E-state index contributed by atoms with van der Waals surface area (Å²) in [5.74, 6) is -9.22. The molecule has 25 heteroatoms. The molecule has 2 heterocycles. The molecular formula is C60H99N13O12. The lowest BCUT2D eigenvalue weighted by Crippen LogP contribution is -2.60. The topological polar surface area (TPSA) is 372 Å². The Labute approximate surface area is 501 Å². The Kier molecular flexibility index (Phi) is 30.9. The molecule has 0 unspecified atom stereocenters. The molecule has 25 nitrogen and oxygen atoms in total. The van der Waals surface area contributed by atoms with Gasteiger partial charge in [0, 0.05) is 53.1 Å². The van der Waals surface area contributed by atoms with Gasteiger partial charge >= 0.3 is 5.97 Å². The number of hydrogen-bond acceptors (Lipinski definition) is 12. The van der Waals surface area contributed by atoms with Crippen LogP contribution in [0, 0.1) is 23.7 Å². The number of nitrogens with two attached hydrogens (primary N) is 3. The van der Waals surface area contributed by atoms with Crippen LogP contribution in [0.2, 0.25) is 0 Å². The second kappa shape index (κ2) is 36.5. The number of piperidine rings is 1. The minimum Gasteiger partial charge on any atom is -0.481 e. The van der Waals surface area contributed by atoms with Crippen molar-refractivity contribution < 1.29 is 57.8 Å². The number of aliphatic carboxylic acids is 1. The third-order valence-electron chi connectivity index (χ3n) is 15.8. The number of carboxylic acids is 1. The van der Waals surface area contributed by atoms with E-state index in [4.69, 9.17) is 17.2 Å². The highest BCUT2D eigenvalue weighted by Crippen LogP contribution is 2.25. The largest absolute Gasteiger partial charge is 0.481 e. The van der Waals surface area contributed by atoms with Gasteiger partial charge in [-0.05, 0) is 81.1 Å². The van der Waals surface area contributed by atoms with Crippen molar-refractivity contribution in [2.75, 3.05) is 46.8 Å². The molecular weight excluding hydrogens is 1090 g/mol. The molecule has 1 aromatic rings. The summed E-state index contributed by atoms with van der Waals surface area (Å²) in [7, 11) is 2.93. The van der Waals surface area contributed by atoms with E-state index in [1.165, 1.54) is 21.7 Å². The zero-order valence-electron chi connectivity index (χ0n) is 51.7. The molecule has 476 valence electrons. The number of carboxylic acid groups (broad SMARTS) is 1. The number of likely N-dealkylation sites (tertiary alicyclic amines) is 2. The lowest BCUT2D eigenvalue weighted by atomic mass is 9.94. The van der Waals surface area contributed by atoms with Crippen molar-refractivity contribution in [1.82, 2.24) is 46.2 Å². The summed E-state index contributed by atoms with van der Waals surface area (Å²) in [6, 6.07) is 0.388. The van der Waals surface area contributed by atoms with Gasteiger partial charge in [0.1, 0.15) is 42.3 Å². The fourth-order valence-corrected chi connectivity index (χ4v) is 10.8. The van der Waals surface area contributed by atoms with Crippen molar-refractivity contribution in [3.8, 4) is 0 Å². The van der Waals surface area contributed by atoms with Gasteiger partial charge in [-0.25, -0.2) is 0 Å². The van der Waals surface area contributed by atoms with Gasteiger partial charge in [-0.3, -0.25) is 57.7 Å². The zero-order chi connectivity index (χ0) is 63.5. The second-order valence-electron chi connectivity index (χ2n) is 23.7. The summed E-state index contributed by atoms with van der Waals surface area (Å²) in [6.07, 6.45) is 7.26. The number of primary amides is 1. The van der Waals surface area contributed by atoms with Crippen LogP contribution in [-0.2, 0) is 59.2 Å². The average molecular weight is 1190 g/mol. The molecule has 0 spiro atoms. The molecule has 0 aromatic heterocycles. The number of aliphatic imine (C=N–C) groups is 1. The average Bonchev–Trinajstić information content (AvgIpc) is 4.24. The molecule has 0 bridgehead atoms. The van der Waals surface area contributed by atoms with Gasteiger partial charge in [-0.1, -0.05) is 111 Å². The molecule has 2 saturated heterocycles. The van der Waals surface area contributed by atoms with Gasteiger partial charge in [-0.15, -0.1) is 0 Å². The van der Waals surface area contributed by atoms with E-state index >= 15 is 0 Å². The van der Waals surface area contributed by atoms with Crippen molar-refractivity contribution in [3.05, 3.63) is 35.9 Å². The van der Waals surface area contributed by atoms with Crippen LogP contribution in [0.4, 0.5) is 0 Å². The molecule has 0 radical (unpaired) electrons. The number of nitrogens with zero attached hydrogens (tertiary/aromatic N) is 5. The molecule has 2 aliphatic heterocycles. The Hall–Kier alpha value is -7.34. The Morgan fingerprint density at radius 3 is 1.93 bits per heavy atom. The van der Waals surface area contributed by atoms with Crippen molar-refractivity contribution in [2.24, 2.45) is 45.9 Å². The Bertz CT molecular complexity index is 2440. The molecule has 3 rings (SSSR count). The predicted molar refractivity (Wildman–Crippen MR) is 321 cm³/mol. The third kappa shape index (κ3) is 23.9. The molecule has 9 atom stereocenters. The standard InChI is InChI=1S/C60H99N13O12/c1-10-12-13-14-18-27-49(75)72-29-20-24-41(36-72)57(83)70(8)47(33-40-22-16-15-17-23-40)55(81)65-35-48(74)66-44(31-37(3)4)58(84)73-30-21-26-45(73)59(85)71(9)46(32-38(5)6)56(82)68-43(34-50(76)77)54(80)67-42(25-19-28-64-60(62)63)53(79)69-51(52(61)78)39(7)11-2/h15-17,22-23,37-39,41-47,51H,10-14,18-21,24-36H2,1-9H3,(H2,61,78)(H,65,81)(H,66,74)(H,67,80)(H,68,82)(H,69,79)(H,76,77)(H4,62,63,64)/t39-,41-,42-,43-,44-,45-,46-,47-,51-/m0/s1. The summed E-state index contributed by atoms with van der Waals surface area (Å²) in [5.41, 5.74) is 17.3. The second-order valence-corrected chi connectivity index (χ2v) is 23.7. The quantitative estimate of drug-likeness (QED) is 0.0262. The summed E-state index contributed by atoms with van der Waals surface area (Å²) < 4.78 is 0. The summed E-state index contributed by atoms with van der Waals surface area (Å²) in [4.78, 5) is 161. The van der Waals surface area contributed by atoms with E-state index in [9.17, 15) is 57.8 Å². The van der Waals surface area contributed by atoms with Crippen LogP contribution < -0.4 is 43.8 Å². The minimum absolute atomic E-state index is 0.0193. The van der Waals surface area contributed by atoms with Crippen molar-refractivity contribution >= 4 is 71.0 Å². The minimum atomic E-state index is -1.76. The maximum Gasteiger partial charge on any atom is 0.305 e. The predicted octanol–water partition coefficient (Wildman–Crippen LogP) is 1.68. The van der Waals surface area contributed by atoms with E-state index in [1.54, 1.807) is 39.6 Å². The van der Waals surface area contributed by atoms with E-state index in [0.29, 0.717) is 38.6 Å². The lowest BCUT2D eigenvalue weighted by molar-refractivity contribution is -0.149. The highest BCUT2D eigenvalue weighted by atomic mass is 16.4. The first kappa shape index (κ1) is 71.9. The fraction of sp³-hybridized carbons (Fsp3) is 0.700. The molecule has 12 N–H and O–H groups in total. The van der Waals surface area contributed by atoms with Gasteiger partial charge in [0.05, 0.1) is 18.9 Å². The summed E-state index contributed by atoms with van der Waals surface area (Å²) in [5, 5.41) is 23.0. The first-order chi connectivity index (χ1) is 40.2. The smallest absolute Gasteiger partial charge is 0.305 e. The fourth-order valence-electron chi connectivity index (χ4n) is 10.8. The number of amides is 10. The molecule has 2 aliphatic rings. The number of nitrogens with one attached hydrogen (secondary N) is 5. The molecule has 10 amide bonds. The van der Waals surface area contributed by atoms with Gasteiger partial charge in [0.25, 0.3) is 0 Å². The number of unbranched alkanes of at least 4 members (excludes halogenated alkanes) is 4. The normalized spacial score (nSPS) is 17.4. The van der Waals surface area contributed by atoms with Crippen LogP contribution in [0.3, 0.4) is 0 Å². The van der Waals surface area contributed by atoms with E-state index in [0.717, 1.165) is 37.7 Å². The van der Waals surface area contributed by atoms with Crippen molar-refractivity contribution in [2.45, 2.75) is 200 Å². The van der Waals surface area contributed by atoms with E-state index in [2.05, 4.69) is 38.5 Å². The summed E-state index contributed by atoms with van der Waals surface area (Å²) in [6.45, 7) is 13.4. The molecule has 85 heavy (non-hydrogen) atoms. The Morgan fingerprint density at radius 1 is 0.694 bits per heavy atom. The number of hydrogen-bond donors (Lipinski definition) is 9. The van der Waals surface area contributed by atoms with Crippen LogP contribution in [0.5, 0.6) is 0 Å². The van der Waals surface area contributed by atoms with E-state index in [1.807, 2.05) is 44.2 Å². The van der Waals surface area contributed by atoms with Crippen LogP contribution in [0.25, 0.3) is 0 Å². The molecule has 0 aliphatic carbocycles. The maximum atomic E-state index is 14.6. The van der Waals surface area contributed by atoms with E-state index in [-0.39, 0.29) is 93.7 Å². The lowest BCUT2D eigenvalue weighted by Gasteiger charge is -2.36. The molecule has 0 saturated carbocycles. The van der Waals surface area contributed by atoms with Gasteiger partial charge in [0.2, 0.25) is 59.1 Å². The van der Waals surface area contributed by atoms with E-state index < -0.39 is 114 Å². The number of benzene rings is 1. The number of rotatable bonds is 36. The van der Waals surface area contributed by atoms with Gasteiger partial charge in [0.15, 0.2) is 5.96 Å². The maximum absolute atomic E-state index is 14.6. The van der Waals surface area contributed by atoms with Gasteiger partial charge < -0.3 is 68.5 Å². The Balaban J connectivity index is 1.80. The number of carbonyl (C=O) groups excluding carboxylic acids is 10. The van der Waals surface area contributed by atoms with Crippen LogP contribution >= 0.6 is 0 Å². The summed E-state index contributed by atoms with van der Waals surface area (Å²) >= 11 is 0. The van der Waals surface area contributed by atoms with Crippen molar-refractivity contribution in [1.29, 1.82) is 0 Å². The highest BCUT2D eigenvalue weighted by molar-refractivity contribution is 5.99. The van der Waals surface area contributed by atoms with Crippen LogP contribution in [0.1, 0.15) is 157 Å². The number of carbonyl (C=O) groups is 11. The first-order valence-electron chi connectivity index (χ1n) is 30.4. The van der Waals surface area contributed by atoms with Crippen molar-refractivity contribution in [3.63, 3.8) is 0 Å². The first-order valence-corrected chi connectivity index (χ1v) is 30.4. The third-order valence-corrected chi connectivity index (χ3v) is 15.8. The van der Waals surface area contributed by atoms with Gasteiger partial charge in [-0.2, -0.15) is 0 Å². The highest BCUT2D eigenvalue weighted by Gasteiger charge is 2.43. The number of likely N-dealkylation sites (N-methyl/N-ethyl adjacent to an activating group) is 2. The zero-order valence-corrected chi connectivity index (χ0v) is 51.7.